The third kappa shape index (κ3) is 2.84. The van der Waals surface area contributed by atoms with E-state index in [0.29, 0.717) is 17.4 Å². The highest BCUT2D eigenvalue weighted by Crippen LogP contribution is 2.12. The Labute approximate surface area is 119 Å². The molecule has 3 aromatic heterocycles. The van der Waals surface area contributed by atoms with Gasteiger partial charge >= 0.3 is 6.03 Å². The highest BCUT2D eigenvalue weighted by Gasteiger charge is 2.13. The third-order valence-corrected chi connectivity index (χ3v) is 2.87. The fourth-order valence-corrected chi connectivity index (χ4v) is 1.84. The van der Waals surface area contributed by atoms with Crippen LogP contribution in [0.25, 0.3) is 5.65 Å². The largest absolute Gasteiger partial charge is 0.467 e. The summed E-state index contributed by atoms with van der Waals surface area (Å²) in [5.74, 6) is 0.693. The summed E-state index contributed by atoms with van der Waals surface area (Å²) in [4.78, 5) is 11.8. The number of urea groups is 1. The zero-order chi connectivity index (χ0) is 14.7. The maximum atomic E-state index is 11.8. The number of furan rings is 1. The SMILES string of the molecule is O=C(NC[C@@H](O)c1ccco1)Nc1nnc2ccccn12. The molecule has 21 heavy (non-hydrogen) atoms. The van der Waals surface area contributed by atoms with E-state index in [1.807, 2.05) is 6.07 Å². The maximum Gasteiger partial charge on any atom is 0.321 e. The summed E-state index contributed by atoms with van der Waals surface area (Å²) >= 11 is 0. The zero-order valence-electron chi connectivity index (χ0n) is 10.9. The van der Waals surface area contributed by atoms with Crippen LogP contribution in [0.15, 0.2) is 47.2 Å². The molecule has 3 heterocycles. The first-order valence-corrected chi connectivity index (χ1v) is 6.30. The molecule has 3 N–H and O–H groups in total. The van der Waals surface area contributed by atoms with E-state index in [1.54, 1.807) is 34.9 Å². The molecule has 0 unspecified atom stereocenters. The second-order valence-electron chi connectivity index (χ2n) is 4.32. The molecule has 0 spiro atoms. The minimum absolute atomic E-state index is 0.0239. The molecule has 2 amide bonds. The molecule has 8 heteroatoms. The molecular formula is C13H13N5O3. The van der Waals surface area contributed by atoms with Gasteiger partial charge in [0.15, 0.2) is 5.65 Å². The second kappa shape index (κ2) is 5.63. The van der Waals surface area contributed by atoms with Crippen LogP contribution in [0.2, 0.25) is 0 Å². The van der Waals surface area contributed by atoms with Crippen molar-refractivity contribution in [2.45, 2.75) is 6.10 Å². The van der Waals surface area contributed by atoms with Crippen molar-refractivity contribution in [1.82, 2.24) is 19.9 Å². The lowest BCUT2D eigenvalue weighted by Crippen LogP contribution is -2.32. The molecule has 3 rings (SSSR count). The number of nitrogens with one attached hydrogen (secondary N) is 2. The summed E-state index contributed by atoms with van der Waals surface area (Å²) < 4.78 is 6.68. The fraction of sp³-hybridized carbons (Fsp3) is 0.154. The average molecular weight is 287 g/mol. The van der Waals surface area contributed by atoms with Crippen molar-refractivity contribution in [2.75, 3.05) is 11.9 Å². The number of aliphatic hydroxyl groups excluding tert-OH is 1. The maximum absolute atomic E-state index is 11.8. The van der Waals surface area contributed by atoms with Gasteiger partial charge < -0.3 is 14.8 Å². The molecule has 0 aromatic carbocycles. The Hall–Kier alpha value is -2.87. The fourth-order valence-electron chi connectivity index (χ4n) is 1.84. The van der Waals surface area contributed by atoms with Gasteiger partial charge in [-0.25, -0.2) is 4.79 Å². The first kappa shape index (κ1) is 13.1. The van der Waals surface area contributed by atoms with Crippen molar-refractivity contribution in [3.8, 4) is 0 Å². The number of amides is 2. The smallest absolute Gasteiger partial charge is 0.321 e. The van der Waals surface area contributed by atoms with E-state index in [1.165, 1.54) is 6.26 Å². The highest BCUT2D eigenvalue weighted by molar-refractivity contribution is 5.87. The van der Waals surface area contributed by atoms with Gasteiger partial charge in [-0.15, -0.1) is 10.2 Å². The minimum atomic E-state index is -0.902. The van der Waals surface area contributed by atoms with Crippen LogP contribution in [-0.2, 0) is 0 Å². The molecule has 0 aliphatic heterocycles. The summed E-state index contributed by atoms with van der Waals surface area (Å²) in [6.45, 7) is 0.0239. The van der Waals surface area contributed by atoms with Crippen LogP contribution in [-0.4, -0.2) is 32.3 Å². The van der Waals surface area contributed by atoms with Gasteiger partial charge in [-0.1, -0.05) is 6.07 Å². The van der Waals surface area contributed by atoms with Crippen LogP contribution >= 0.6 is 0 Å². The number of fused-ring (bicyclic) bond motifs is 1. The van der Waals surface area contributed by atoms with Gasteiger partial charge in [0.05, 0.1) is 12.8 Å². The van der Waals surface area contributed by atoms with E-state index in [2.05, 4.69) is 20.8 Å². The zero-order valence-corrected chi connectivity index (χ0v) is 10.9. The Morgan fingerprint density at radius 2 is 2.24 bits per heavy atom. The van der Waals surface area contributed by atoms with Gasteiger partial charge in [-0.05, 0) is 24.3 Å². The Morgan fingerprint density at radius 1 is 1.33 bits per heavy atom. The van der Waals surface area contributed by atoms with Crippen molar-refractivity contribution in [1.29, 1.82) is 0 Å². The third-order valence-electron chi connectivity index (χ3n) is 2.87. The number of anilines is 1. The predicted octanol–water partition coefficient (Wildman–Crippen LogP) is 1.18. The van der Waals surface area contributed by atoms with Crippen molar-refractivity contribution >= 4 is 17.6 Å². The summed E-state index contributed by atoms with van der Waals surface area (Å²) in [5.41, 5.74) is 0.628. The van der Waals surface area contributed by atoms with Crippen LogP contribution in [0, 0.1) is 0 Å². The molecule has 8 nitrogen and oxygen atoms in total. The first-order chi connectivity index (χ1) is 10.2. The molecule has 0 fully saturated rings. The van der Waals surface area contributed by atoms with E-state index in [0.717, 1.165) is 0 Å². The number of carbonyl (C=O) groups excluding carboxylic acids is 1. The molecule has 108 valence electrons. The number of carbonyl (C=O) groups is 1. The topological polar surface area (TPSA) is 105 Å². The normalized spacial score (nSPS) is 12.2. The summed E-state index contributed by atoms with van der Waals surface area (Å²) in [6.07, 6.45) is 2.30. The Bertz CT molecular complexity index is 737. The Morgan fingerprint density at radius 3 is 3.05 bits per heavy atom. The Balaban J connectivity index is 1.59. The van der Waals surface area contributed by atoms with Gasteiger partial charge in [0.25, 0.3) is 0 Å². The van der Waals surface area contributed by atoms with Crippen LogP contribution in [0.5, 0.6) is 0 Å². The molecule has 0 aliphatic rings. The molecule has 3 aromatic rings. The molecule has 0 aliphatic carbocycles. The van der Waals surface area contributed by atoms with Crippen LogP contribution < -0.4 is 10.6 Å². The predicted molar refractivity (Wildman–Crippen MR) is 73.7 cm³/mol. The van der Waals surface area contributed by atoms with Crippen LogP contribution in [0.1, 0.15) is 11.9 Å². The van der Waals surface area contributed by atoms with E-state index < -0.39 is 12.1 Å². The van der Waals surface area contributed by atoms with E-state index in [-0.39, 0.29) is 6.54 Å². The van der Waals surface area contributed by atoms with Gasteiger partial charge in [0, 0.05) is 6.20 Å². The standard InChI is InChI=1S/C13H13N5O3/c19-9(10-4-3-7-21-10)8-14-13(20)15-12-17-16-11-5-1-2-6-18(11)12/h1-7,9,19H,8H2,(H2,14,15,17,20)/t9-/m1/s1. The molecule has 0 radical (unpaired) electrons. The number of nitrogens with zero attached hydrogens (tertiary/aromatic N) is 3. The summed E-state index contributed by atoms with van der Waals surface area (Å²) in [6, 6.07) is 8.22. The number of hydrogen-bond donors (Lipinski definition) is 3. The second-order valence-corrected chi connectivity index (χ2v) is 4.32. The van der Waals surface area contributed by atoms with Crippen LogP contribution in [0.3, 0.4) is 0 Å². The van der Waals surface area contributed by atoms with Gasteiger partial charge in [0.1, 0.15) is 11.9 Å². The van der Waals surface area contributed by atoms with Crippen LogP contribution in [0.4, 0.5) is 10.7 Å². The molecule has 0 saturated heterocycles. The number of aromatic nitrogens is 3. The molecule has 0 bridgehead atoms. The minimum Gasteiger partial charge on any atom is -0.467 e. The quantitative estimate of drug-likeness (QED) is 0.668. The summed E-state index contributed by atoms with van der Waals surface area (Å²) in [7, 11) is 0. The number of hydrogen-bond acceptors (Lipinski definition) is 5. The van der Waals surface area contributed by atoms with E-state index in [9.17, 15) is 9.90 Å². The van der Waals surface area contributed by atoms with E-state index in [4.69, 9.17) is 4.42 Å². The van der Waals surface area contributed by atoms with Gasteiger partial charge in [-0.2, -0.15) is 0 Å². The highest BCUT2D eigenvalue weighted by atomic mass is 16.4. The number of pyridine rings is 1. The average Bonchev–Trinajstić information content (AvgIpc) is 3.15. The summed E-state index contributed by atoms with van der Waals surface area (Å²) in [5, 5.41) is 22.7. The van der Waals surface area contributed by atoms with Crippen molar-refractivity contribution in [3.63, 3.8) is 0 Å². The molecular weight excluding hydrogens is 274 g/mol. The van der Waals surface area contributed by atoms with Gasteiger partial charge in [-0.3, -0.25) is 9.72 Å². The van der Waals surface area contributed by atoms with E-state index >= 15 is 0 Å². The molecule has 0 saturated carbocycles. The Kier molecular flexibility index (Phi) is 3.52. The lowest BCUT2D eigenvalue weighted by Gasteiger charge is -2.09. The lowest BCUT2D eigenvalue weighted by molar-refractivity contribution is 0.149. The van der Waals surface area contributed by atoms with Crippen molar-refractivity contribution in [3.05, 3.63) is 48.6 Å². The van der Waals surface area contributed by atoms with Crippen molar-refractivity contribution in [2.24, 2.45) is 0 Å². The number of rotatable bonds is 4. The lowest BCUT2D eigenvalue weighted by atomic mass is 10.3. The number of aliphatic hydroxyl groups is 1. The van der Waals surface area contributed by atoms with Crippen molar-refractivity contribution < 1.29 is 14.3 Å². The van der Waals surface area contributed by atoms with Gasteiger partial charge in [0.2, 0.25) is 5.95 Å². The monoisotopic (exact) mass is 287 g/mol. The molecule has 1 atom stereocenters. The first-order valence-electron chi connectivity index (χ1n) is 6.30.